The minimum absolute atomic E-state index is 0.623. The Morgan fingerprint density at radius 1 is 1.80 bits per heavy atom. The molecule has 23 valence electrons. The first-order valence-electron chi connectivity index (χ1n) is 1.55. The van der Waals surface area contributed by atoms with Gasteiger partial charge in [-0.3, -0.25) is 0 Å². The molecule has 0 amide bonds. The van der Waals surface area contributed by atoms with Crippen LogP contribution in [0.25, 0.3) is 0 Å². The van der Waals surface area contributed by atoms with Gasteiger partial charge in [0.15, 0.2) is 0 Å². The summed E-state index contributed by atoms with van der Waals surface area (Å²) in [6.45, 7) is 0. The molecule has 3 heteroatoms. The second kappa shape index (κ2) is 2.10. The summed E-state index contributed by atoms with van der Waals surface area (Å²) in [6, 6.07) is 0. The van der Waals surface area contributed by atoms with Gasteiger partial charge in [0.25, 0.3) is 0 Å². The van der Waals surface area contributed by atoms with Crippen LogP contribution in [0.4, 0.5) is 0 Å². The molecular weight excluding hydrogens is 153 g/mol. The fraction of sp³-hybridized carbons (Fsp3) is 0.500. The summed E-state index contributed by atoms with van der Waals surface area (Å²) < 4.78 is 0. The van der Waals surface area contributed by atoms with Crippen molar-refractivity contribution >= 4 is 35.7 Å². The quantitative estimate of drug-likeness (QED) is 0.401. The van der Waals surface area contributed by atoms with Crippen LogP contribution in [0.2, 0.25) is 5.25 Å². The van der Waals surface area contributed by atoms with Crippen molar-refractivity contribution in [2.45, 2.75) is 5.25 Å². The molecule has 1 rings (SSSR count). The third-order valence-electron chi connectivity index (χ3n) is 0.467. The van der Waals surface area contributed by atoms with E-state index in [1.54, 1.807) is 0 Å². The summed E-state index contributed by atoms with van der Waals surface area (Å²) in [6.07, 6.45) is 0. The van der Waals surface area contributed by atoms with Crippen LogP contribution >= 0.6 is 0 Å². The molecule has 0 aromatic heterocycles. The van der Waals surface area contributed by atoms with Gasteiger partial charge in [0.1, 0.15) is 0 Å². The van der Waals surface area contributed by atoms with Gasteiger partial charge in [-0.05, 0) is 0 Å². The van der Waals surface area contributed by atoms with Gasteiger partial charge in [-0.1, -0.05) is 0 Å². The van der Waals surface area contributed by atoms with Crippen molar-refractivity contribution in [1.82, 2.24) is 0 Å². The minimum atomic E-state index is 0.623. The van der Waals surface area contributed by atoms with Crippen molar-refractivity contribution in [3.05, 3.63) is 0 Å². The van der Waals surface area contributed by atoms with E-state index in [9.17, 15) is 0 Å². The Labute approximate surface area is 41.3 Å². The third kappa shape index (κ3) is 1.15. The molecule has 0 atom stereocenters. The fourth-order valence-electron chi connectivity index (χ4n) is 0.255. The first kappa shape index (κ1) is 4.02. The molecule has 0 unspecified atom stereocenters. The molecule has 0 aromatic carbocycles. The van der Waals surface area contributed by atoms with Gasteiger partial charge in [-0.15, -0.1) is 0 Å². The Bertz CT molecular complexity index is 65.7. The molecule has 0 N–H and O–H groups in total. The van der Waals surface area contributed by atoms with E-state index in [4.69, 9.17) is 0 Å². The molecule has 5 heavy (non-hydrogen) atoms. The van der Waals surface area contributed by atoms with Crippen molar-refractivity contribution in [2.75, 3.05) is 0 Å². The molecule has 1 heterocycles. The number of hydrogen-bond donors (Lipinski definition) is 0. The topological polar surface area (TPSA) is 0 Å². The van der Waals surface area contributed by atoms with Crippen molar-refractivity contribution in [3.8, 4) is 0 Å². The van der Waals surface area contributed by atoms with Crippen LogP contribution in [0.1, 0.15) is 0 Å². The summed E-state index contributed by atoms with van der Waals surface area (Å²) in [5.41, 5.74) is 2.46. The van der Waals surface area contributed by atoms with Crippen LogP contribution < -0.4 is 0 Å². The summed E-state index contributed by atoms with van der Waals surface area (Å²) in [5.74, 6) is 0. The molecule has 3 radical (unpaired) electrons. The maximum absolute atomic E-state index is 2.46. The van der Waals surface area contributed by atoms with Crippen molar-refractivity contribution < 1.29 is 0 Å². The van der Waals surface area contributed by atoms with E-state index in [0.717, 1.165) is 0 Å². The van der Waals surface area contributed by atoms with Crippen LogP contribution in [0.5, 0.6) is 0 Å². The molecule has 0 spiro atoms. The summed E-state index contributed by atoms with van der Waals surface area (Å²) >= 11 is 0.623. The number of hydrogen-bond acceptors (Lipinski definition) is 0. The van der Waals surface area contributed by atoms with E-state index in [1.165, 1.54) is 21.0 Å². The van der Waals surface area contributed by atoms with Gasteiger partial charge in [0.05, 0.1) is 0 Å². The second-order valence-electron chi connectivity index (χ2n) is 0.854. The first-order chi connectivity index (χ1) is 2.50. The maximum atomic E-state index is 2.46. The van der Waals surface area contributed by atoms with E-state index in [2.05, 4.69) is 5.67 Å². The van der Waals surface area contributed by atoms with E-state index in [-0.39, 0.29) is 0 Å². The predicted molar refractivity (Wildman–Crippen MR) is 28.1 cm³/mol. The SMILES string of the molecule is C1=[Si][Si]=[Ge][CH2]1. The van der Waals surface area contributed by atoms with Crippen LogP contribution in [0.3, 0.4) is 0 Å². The molecule has 0 saturated heterocycles. The van der Waals surface area contributed by atoms with E-state index in [0.29, 0.717) is 14.3 Å². The molecule has 0 bridgehead atoms. The second-order valence-corrected chi connectivity index (χ2v) is 11.6. The predicted octanol–water partition coefficient (Wildman–Crippen LogP) is -0.837. The number of rotatable bonds is 0. The molecule has 0 saturated carbocycles. The molecular formula is C2H3GeSi2. The van der Waals surface area contributed by atoms with Crippen LogP contribution in [0, 0.1) is 0 Å². The van der Waals surface area contributed by atoms with Gasteiger partial charge in [0.2, 0.25) is 0 Å². The Morgan fingerprint density at radius 3 is 3.00 bits per heavy atom. The van der Waals surface area contributed by atoms with Crippen molar-refractivity contribution in [2.24, 2.45) is 0 Å². The zero-order chi connectivity index (χ0) is 3.54. The van der Waals surface area contributed by atoms with Gasteiger partial charge in [0, 0.05) is 0 Å². The third-order valence-corrected chi connectivity index (χ3v) is 11.6. The molecule has 0 fully saturated rings. The Hall–Kier alpha value is 0.847. The molecule has 0 aliphatic carbocycles. The van der Waals surface area contributed by atoms with Crippen molar-refractivity contribution in [1.29, 1.82) is 0 Å². The van der Waals surface area contributed by atoms with Crippen LogP contribution in [0.15, 0.2) is 0 Å². The standard InChI is InChI=1S/C2H3GeSi2/c1-2-4-5-3-1/h2H,1H2. The molecule has 1 aliphatic rings. The van der Waals surface area contributed by atoms with Crippen LogP contribution in [-0.4, -0.2) is 35.7 Å². The zero-order valence-electron chi connectivity index (χ0n) is 2.78. The van der Waals surface area contributed by atoms with E-state index >= 15 is 0 Å². The monoisotopic (exact) mass is 157 g/mol. The molecule has 1 aliphatic heterocycles. The normalized spacial score (nSPS) is 17.6. The van der Waals surface area contributed by atoms with Crippen LogP contribution in [-0.2, 0) is 0 Å². The van der Waals surface area contributed by atoms with Gasteiger partial charge in [-0.25, -0.2) is 0 Å². The average molecular weight is 156 g/mol. The van der Waals surface area contributed by atoms with E-state index in [1.807, 2.05) is 0 Å². The molecule has 0 aromatic rings. The average Bonchev–Trinajstić information content (AvgIpc) is 1.76. The summed E-state index contributed by atoms with van der Waals surface area (Å²) in [5, 5.41) is 1.52. The molecule has 0 nitrogen and oxygen atoms in total. The Balaban J connectivity index is 2.61. The van der Waals surface area contributed by atoms with Crippen molar-refractivity contribution in [3.63, 3.8) is 0 Å². The van der Waals surface area contributed by atoms with E-state index < -0.39 is 0 Å². The van der Waals surface area contributed by atoms with Gasteiger partial charge in [-0.2, -0.15) is 0 Å². The van der Waals surface area contributed by atoms with Gasteiger partial charge < -0.3 is 0 Å². The Morgan fingerprint density at radius 2 is 2.80 bits per heavy atom. The zero-order valence-corrected chi connectivity index (χ0v) is 6.88. The van der Waals surface area contributed by atoms with Gasteiger partial charge >= 0.3 is 41.0 Å². The Kier molecular flexibility index (Phi) is 1.69. The summed E-state index contributed by atoms with van der Waals surface area (Å²) in [7, 11) is 2.67. The fourth-order valence-corrected chi connectivity index (χ4v) is 11.9. The first-order valence-corrected chi connectivity index (χ1v) is 9.26. The summed E-state index contributed by atoms with van der Waals surface area (Å²) in [4.78, 5) is 0.